The van der Waals surface area contributed by atoms with Crippen molar-refractivity contribution < 1.29 is 9.94 Å². The zero-order valence-corrected chi connectivity index (χ0v) is 13.4. The molecule has 1 aliphatic heterocycles. The minimum atomic E-state index is -0.440. The van der Waals surface area contributed by atoms with Gasteiger partial charge >= 0.3 is 0 Å². The van der Waals surface area contributed by atoms with Gasteiger partial charge < -0.3 is 19.4 Å². The number of fused-ring (bicyclic) bond motifs is 1. The van der Waals surface area contributed by atoms with Crippen LogP contribution >= 0.6 is 0 Å². The zero-order valence-electron chi connectivity index (χ0n) is 13.4. The number of ether oxygens (including phenoxy) is 1. The normalized spacial score (nSPS) is 22.6. The van der Waals surface area contributed by atoms with Gasteiger partial charge in [0.15, 0.2) is 0 Å². The Morgan fingerprint density at radius 1 is 1.26 bits per heavy atom. The van der Waals surface area contributed by atoms with Crippen LogP contribution in [0.25, 0.3) is 10.9 Å². The maximum Gasteiger partial charge on any atom is 0.299 e. The molecule has 3 rings (SSSR count). The highest BCUT2D eigenvalue weighted by atomic mass is 16.5. The molecule has 1 saturated heterocycles. The number of aryl methyl sites for hydroxylation is 1. The van der Waals surface area contributed by atoms with Crippen LogP contribution in [0.2, 0.25) is 0 Å². The van der Waals surface area contributed by atoms with Crippen LogP contribution in [0.4, 0.5) is 5.82 Å². The first-order valence-electron chi connectivity index (χ1n) is 7.60. The summed E-state index contributed by atoms with van der Waals surface area (Å²) in [5, 5.41) is 13.1. The number of hydrogen-bond acceptors (Lipinski definition) is 6. The second-order valence-electron chi connectivity index (χ2n) is 5.90. The van der Waals surface area contributed by atoms with Gasteiger partial charge in [0.2, 0.25) is 0 Å². The Hall–Kier alpha value is -2.41. The highest BCUT2D eigenvalue weighted by Gasteiger charge is 2.25. The maximum absolute atomic E-state index is 12.4. The van der Waals surface area contributed by atoms with Crippen LogP contribution in [0.5, 0.6) is 0 Å². The van der Waals surface area contributed by atoms with E-state index < -0.39 is 5.56 Å². The van der Waals surface area contributed by atoms with Gasteiger partial charge in [-0.1, -0.05) is 17.3 Å². The smallest absolute Gasteiger partial charge is 0.299 e. The van der Waals surface area contributed by atoms with Gasteiger partial charge in [0.1, 0.15) is 5.82 Å². The molecule has 1 aliphatic rings. The molecule has 7 nitrogen and oxygen atoms in total. The van der Waals surface area contributed by atoms with Crippen molar-refractivity contribution in [1.29, 1.82) is 0 Å². The van der Waals surface area contributed by atoms with E-state index in [1.165, 1.54) is 4.57 Å². The Balaban J connectivity index is 2.35. The van der Waals surface area contributed by atoms with Crippen molar-refractivity contribution in [1.82, 2.24) is 9.55 Å². The summed E-state index contributed by atoms with van der Waals surface area (Å²) in [5.74, 6) is 0.633. The number of morpholine rings is 1. The van der Waals surface area contributed by atoms with Crippen molar-refractivity contribution in [3.8, 4) is 0 Å². The van der Waals surface area contributed by atoms with E-state index in [2.05, 4.69) is 15.0 Å². The fourth-order valence-electron chi connectivity index (χ4n) is 3.08. The molecular formula is C16H20N4O3. The van der Waals surface area contributed by atoms with E-state index in [-0.39, 0.29) is 17.7 Å². The van der Waals surface area contributed by atoms with E-state index in [4.69, 9.17) is 4.74 Å². The summed E-state index contributed by atoms with van der Waals surface area (Å²) in [4.78, 5) is 18.8. The van der Waals surface area contributed by atoms with Gasteiger partial charge in [-0.2, -0.15) is 0 Å². The van der Waals surface area contributed by atoms with Gasteiger partial charge in [-0.25, -0.2) is 4.98 Å². The molecule has 0 amide bonds. The third-order valence-electron chi connectivity index (χ3n) is 4.03. The van der Waals surface area contributed by atoms with Crippen molar-refractivity contribution in [2.45, 2.75) is 26.1 Å². The van der Waals surface area contributed by atoms with Gasteiger partial charge in [-0.05, 0) is 26.0 Å². The second-order valence-corrected chi connectivity index (χ2v) is 5.90. The summed E-state index contributed by atoms with van der Waals surface area (Å²) in [6.45, 7) is 5.33. The molecule has 1 fully saturated rings. The molecule has 1 aromatic carbocycles. The fraction of sp³-hybridized carbons (Fsp3) is 0.438. The lowest BCUT2D eigenvalue weighted by molar-refractivity contribution is -0.00537. The van der Waals surface area contributed by atoms with Crippen molar-refractivity contribution in [2.75, 3.05) is 18.0 Å². The number of rotatable bonds is 1. The van der Waals surface area contributed by atoms with Crippen LogP contribution < -0.4 is 15.9 Å². The number of benzene rings is 1. The lowest BCUT2D eigenvalue weighted by Gasteiger charge is -2.36. The number of para-hydroxylation sites is 1. The van der Waals surface area contributed by atoms with Crippen LogP contribution in [-0.4, -0.2) is 40.1 Å². The standard InChI is InChI=1S/C16H20N4O3/c1-10-8-20(9-11(2)23-10)15-12-6-4-5-7-13(12)19(3)16(21)14(17-15)18-22/h4-7,10-11,22H,8-9H2,1-3H3. The van der Waals surface area contributed by atoms with E-state index in [1.54, 1.807) is 7.05 Å². The predicted molar refractivity (Wildman–Crippen MR) is 86.6 cm³/mol. The Morgan fingerprint density at radius 2 is 1.91 bits per heavy atom. The van der Waals surface area contributed by atoms with E-state index in [9.17, 15) is 10.0 Å². The lowest BCUT2D eigenvalue weighted by Crippen LogP contribution is -2.46. The molecule has 2 aromatic rings. The summed E-state index contributed by atoms with van der Waals surface area (Å²) < 4.78 is 7.22. The third-order valence-corrected chi connectivity index (χ3v) is 4.03. The van der Waals surface area contributed by atoms with Crippen molar-refractivity contribution in [2.24, 2.45) is 12.2 Å². The molecule has 0 spiro atoms. The van der Waals surface area contributed by atoms with Crippen molar-refractivity contribution in [3.05, 3.63) is 40.1 Å². The molecule has 122 valence electrons. The largest absolute Gasteiger partial charge is 0.409 e. The topological polar surface area (TPSA) is 80.0 Å². The molecule has 1 aromatic heterocycles. The molecule has 1 N–H and O–H groups in total. The minimum absolute atomic E-state index is 0.0554. The van der Waals surface area contributed by atoms with Crippen LogP contribution in [0, 0.1) is 0 Å². The summed E-state index contributed by atoms with van der Waals surface area (Å²) in [7, 11) is 1.65. The molecule has 0 saturated carbocycles. The number of hydrogen-bond donors (Lipinski definition) is 1. The maximum atomic E-state index is 12.4. The Labute approximate surface area is 133 Å². The average Bonchev–Trinajstić information content (AvgIpc) is 2.63. The van der Waals surface area contributed by atoms with Crippen LogP contribution in [0.15, 0.2) is 34.2 Å². The van der Waals surface area contributed by atoms with Crippen LogP contribution in [0.1, 0.15) is 13.8 Å². The number of aromatic nitrogens is 2. The summed E-state index contributed by atoms with van der Waals surface area (Å²) in [5.41, 5.74) is 0.0801. The molecule has 2 unspecified atom stereocenters. The highest BCUT2D eigenvalue weighted by Crippen LogP contribution is 2.24. The summed E-state index contributed by atoms with van der Waals surface area (Å²) in [6.07, 6.45) is 0.111. The quantitative estimate of drug-likeness (QED) is 0.623. The van der Waals surface area contributed by atoms with Crippen LogP contribution in [-0.2, 0) is 11.8 Å². The Bertz CT molecular complexity index is 852. The fourth-order valence-corrected chi connectivity index (χ4v) is 3.08. The SMILES string of the molecule is CC1CN(c2nc(=NO)c(=O)n(C)c3ccccc23)CC(C)O1. The first-order chi connectivity index (χ1) is 11.0. The molecule has 0 bridgehead atoms. The van der Waals surface area contributed by atoms with Crippen LogP contribution in [0.3, 0.4) is 0 Å². The second kappa shape index (κ2) is 6.00. The highest BCUT2D eigenvalue weighted by molar-refractivity contribution is 5.89. The first kappa shape index (κ1) is 15.5. The molecule has 7 heteroatoms. The summed E-state index contributed by atoms with van der Waals surface area (Å²) in [6, 6.07) is 7.55. The lowest BCUT2D eigenvalue weighted by atomic mass is 10.2. The van der Waals surface area contributed by atoms with E-state index >= 15 is 0 Å². The van der Waals surface area contributed by atoms with Crippen molar-refractivity contribution in [3.63, 3.8) is 0 Å². The number of nitrogens with zero attached hydrogens (tertiary/aromatic N) is 4. The van der Waals surface area contributed by atoms with Crippen molar-refractivity contribution >= 4 is 16.7 Å². The van der Waals surface area contributed by atoms with Gasteiger partial charge in [-0.15, -0.1) is 0 Å². The Morgan fingerprint density at radius 3 is 2.57 bits per heavy atom. The van der Waals surface area contributed by atoms with E-state index in [1.807, 2.05) is 38.1 Å². The predicted octanol–water partition coefficient (Wildman–Crippen LogP) is 0.837. The molecular weight excluding hydrogens is 296 g/mol. The van der Waals surface area contributed by atoms with Gasteiger partial charge in [-0.3, -0.25) is 4.79 Å². The third kappa shape index (κ3) is 2.79. The molecule has 0 radical (unpaired) electrons. The minimum Gasteiger partial charge on any atom is -0.409 e. The Kier molecular flexibility index (Phi) is 4.04. The molecule has 23 heavy (non-hydrogen) atoms. The summed E-state index contributed by atoms with van der Waals surface area (Å²) >= 11 is 0. The zero-order chi connectivity index (χ0) is 16.6. The van der Waals surface area contributed by atoms with E-state index in [0.717, 1.165) is 10.9 Å². The first-order valence-corrected chi connectivity index (χ1v) is 7.60. The van der Waals surface area contributed by atoms with E-state index in [0.29, 0.717) is 18.9 Å². The molecule has 0 aliphatic carbocycles. The average molecular weight is 316 g/mol. The van der Waals surface area contributed by atoms with Gasteiger partial charge in [0, 0.05) is 25.5 Å². The number of anilines is 1. The monoisotopic (exact) mass is 316 g/mol. The molecule has 2 atom stereocenters. The molecule has 2 heterocycles. The van der Waals surface area contributed by atoms with Gasteiger partial charge in [0.05, 0.1) is 17.7 Å². The van der Waals surface area contributed by atoms with Gasteiger partial charge in [0.25, 0.3) is 11.0 Å².